The molecule has 2 aliphatic heterocycles. The molecule has 5 heteroatoms. The van der Waals surface area contributed by atoms with Crippen LogP contribution >= 0.6 is 0 Å². The first-order valence-corrected chi connectivity index (χ1v) is 7.22. The second-order valence-electron chi connectivity index (χ2n) is 6.20. The van der Waals surface area contributed by atoms with Crippen molar-refractivity contribution >= 4 is 11.8 Å². The summed E-state index contributed by atoms with van der Waals surface area (Å²) < 4.78 is 0. The molecule has 2 rings (SSSR count). The number of amides is 2. The standard InChI is InChI=1S/C14H25N3O2/c1-10-5-4-7-16-11(10)12(18)17-8-6-14(2,9-17)13(19)15-3/h10-11,16H,4-9H2,1-3H3,(H,15,19). The van der Waals surface area contributed by atoms with Gasteiger partial charge in [0, 0.05) is 20.1 Å². The lowest BCUT2D eigenvalue weighted by Crippen LogP contribution is -2.52. The fourth-order valence-corrected chi connectivity index (χ4v) is 3.21. The molecule has 0 spiro atoms. The SMILES string of the molecule is CNC(=O)C1(C)CCN(C(=O)C2NCCCC2C)C1. The minimum atomic E-state index is -0.428. The fraction of sp³-hybridized carbons (Fsp3) is 0.857. The van der Waals surface area contributed by atoms with Crippen LogP contribution in [0.25, 0.3) is 0 Å². The maximum absolute atomic E-state index is 12.5. The minimum Gasteiger partial charge on any atom is -0.359 e. The van der Waals surface area contributed by atoms with Crippen molar-refractivity contribution in [3.05, 3.63) is 0 Å². The molecule has 0 aliphatic carbocycles. The summed E-state index contributed by atoms with van der Waals surface area (Å²) in [7, 11) is 1.66. The maximum atomic E-state index is 12.5. The van der Waals surface area contributed by atoms with Gasteiger partial charge in [-0.2, -0.15) is 0 Å². The number of nitrogens with one attached hydrogen (secondary N) is 2. The quantitative estimate of drug-likeness (QED) is 0.759. The Labute approximate surface area is 115 Å². The molecule has 2 N–H and O–H groups in total. The van der Waals surface area contributed by atoms with Gasteiger partial charge in [0.05, 0.1) is 11.5 Å². The van der Waals surface area contributed by atoms with E-state index in [0.29, 0.717) is 19.0 Å². The van der Waals surface area contributed by atoms with E-state index >= 15 is 0 Å². The van der Waals surface area contributed by atoms with E-state index in [9.17, 15) is 9.59 Å². The predicted octanol–water partition coefficient (Wildman–Crippen LogP) is 0.359. The molecule has 0 radical (unpaired) electrons. The van der Waals surface area contributed by atoms with Crippen molar-refractivity contribution < 1.29 is 9.59 Å². The molecule has 5 nitrogen and oxygen atoms in total. The Morgan fingerprint density at radius 1 is 1.42 bits per heavy atom. The van der Waals surface area contributed by atoms with Gasteiger partial charge in [-0.05, 0) is 38.6 Å². The summed E-state index contributed by atoms with van der Waals surface area (Å²) in [4.78, 5) is 26.3. The van der Waals surface area contributed by atoms with Gasteiger partial charge in [0.25, 0.3) is 0 Å². The van der Waals surface area contributed by atoms with Crippen LogP contribution in [0.15, 0.2) is 0 Å². The Morgan fingerprint density at radius 3 is 2.79 bits per heavy atom. The Balaban J connectivity index is 2.00. The van der Waals surface area contributed by atoms with E-state index < -0.39 is 5.41 Å². The van der Waals surface area contributed by atoms with Crippen molar-refractivity contribution in [2.24, 2.45) is 11.3 Å². The molecular formula is C14H25N3O2. The first kappa shape index (κ1) is 14.3. The largest absolute Gasteiger partial charge is 0.359 e. The molecule has 19 heavy (non-hydrogen) atoms. The summed E-state index contributed by atoms with van der Waals surface area (Å²) in [5.74, 6) is 0.584. The van der Waals surface area contributed by atoms with Crippen LogP contribution in [0.1, 0.15) is 33.1 Å². The first-order valence-electron chi connectivity index (χ1n) is 7.22. The Kier molecular flexibility index (Phi) is 4.13. The Morgan fingerprint density at radius 2 is 2.16 bits per heavy atom. The lowest BCUT2D eigenvalue weighted by atomic mass is 9.88. The van der Waals surface area contributed by atoms with Gasteiger partial charge in [0.2, 0.25) is 11.8 Å². The van der Waals surface area contributed by atoms with E-state index in [1.165, 1.54) is 0 Å². The van der Waals surface area contributed by atoms with Gasteiger partial charge in [-0.1, -0.05) is 6.92 Å². The zero-order chi connectivity index (χ0) is 14.0. The van der Waals surface area contributed by atoms with Crippen molar-refractivity contribution in [3.63, 3.8) is 0 Å². The number of piperidine rings is 1. The van der Waals surface area contributed by atoms with E-state index in [-0.39, 0.29) is 17.9 Å². The van der Waals surface area contributed by atoms with Gasteiger partial charge in [-0.15, -0.1) is 0 Å². The van der Waals surface area contributed by atoms with Gasteiger partial charge in [0.1, 0.15) is 0 Å². The molecule has 0 aromatic heterocycles. The average Bonchev–Trinajstić information content (AvgIpc) is 2.81. The third kappa shape index (κ3) is 2.76. The van der Waals surface area contributed by atoms with Gasteiger partial charge < -0.3 is 15.5 Å². The highest BCUT2D eigenvalue weighted by atomic mass is 16.2. The van der Waals surface area contributed by atoms with E-state index in [1.54, 1.807) is 7.05 Å². The van der Waals surface area contributed by atoms with E-state index in [0.717, 1.165) is 25.8 Å². The highest BCUT2D eigenvalue weighted by Gasteiger charge is 2.43. The van der Waals surface area contributed by atoms with Crippen LogP contribution in [-0.4, -0.2) is 49.4 Å². The number of hydrogen-bond acceptors (Lipinski definition) is 3. The van der Waals surface area contributed by atoms with Crippen LogP contribution in [0.3, 0.4) is 0 Å². The average molecular weight is 267 g/mol. The molecule has 2 aliphatic rings. The predicted molar refractivity (Wildman–Crippen MR) is 73.6 cm³/mol. The number of rotatable bonds is 2. The number of carbonyl (C=O) groups excluding carboxylic acids is 2. The van der Waals surface area contributed by atoms with Crippen molar-refractivity contribution in [1.29, 1.82) is 0 Å². The molecule has 0 aromatic rings. The first-order chi connectivity index (χ1) is 8.98. The molecule has 2 saturated heterocycles. The molecule has 0 bridgehead atoms. The van der Waals surface area contributed by atoms with Crippen molar-refractivity contribution in [1.82, 2.24) is 15.5 Å². The van der Waals surface area contributed by atoms with Crippen molar-refractivity contribution in [2.75, 3.05) is 26.7 Å². The van der Waals surface area contributed by atoms with Crippen LogP contribution in [-0.2, 0) is 9.59 Å². The van der Waals surface area contributed by atoms with Crippen LogP contribution in [0.2, 0.25) is 0 Å². The highest BCUT2D eigenvalue weighted by molar-refractivity contribution is 5.86. The molecule has 0 aromatic carbocycles. The molecule has 3 atom stereocenters. The molecule has 108 valence electrons. The summed E-state index contributed by atoms with van der Waals surface area (Å²) in [6.07, 6.45) is 2.99. The van der Waals surface area contributed by atoms with Crippen LogP contribution in [0.4, 0.5) is 0 Å². The van der Waals surface area contributed by atoms with E-state index in [2.05, 4.69) is 17.6 Å². The van der Waals surface area contributed by atoms with Crippen molar-refractivity contribution in [2.45, 2.75) is 39.2 Å². The smallest absolute Gasteiger partial charge is 0.240 e. The lowest BCUT2D eigenvalue weighted by Gasteiger charge is -2.32. The molecule has 2 amide bonds. The fourth-order valence-electron chi connectivity index (χ4n) is 3.21. The minimum absolute atomic E-state index is 0.0347. The van der Waals surface area contributed by atoms with Gasteiger partial charge in [-0.3, -0.25) is 9.59 Å². The van der Waals surface area contributed by atoms with E-state index in [1.807, 2.05) is 11.8 Å². The number of hydrogen-bond donors (Lipinski definition) is 2. The maximum Gasteiger partial charge on any atom is 0.240 e. The Hall–Kier alpha value is -1.10. The Bertz CT molecular complexity index is 372. The summed E-state index contributed by atoms with van der Waals surface area (Å²) in [6.45, 7) is 6.21. The number of likely N-dealkylation sites (tertiary alicyclic amines) is 1. The van der Waals surface area contributed by atoms with Gasteiger partial charge >= 0.3 is 0 Å². The molecule has 3 unspecified atom stereocenters. The monoisotopic (exact) mass is 267 g/mol. The zero-order valence-corrected chi connectivity index (χ0v) is 12.2. The third-order valence-corrected chi connectivity index (χ3v) is 4.60. The topological polar surface area (TPSA) is 61.4 Å². The van der Waals surface area contributed by atoms with Crippen molar-refractivity contribution in [3.8, 4) is 0 Å². The van der Waals surface area contributed by atoms with Gasteiger partial charge in [0.15, 0.2) is 0 Å². The number of nitrogens with zero attached hydrogens (tertiary/aromatic N) is 1. The van der Waals surface area contributed by atoms with Crippen LogP contribution in [0, 0.1) is 11.3 Å². The third-order valence-electron chi connectivity index (χ3n) is 4.60. The summed E-state index contributed by atoms with van der Waals surface area (Å²) >= 11 is 0. The lowest BCUT2D eigenvalue weighted by molar-refractivity contribution is -0.135. The second kappa shape index (κ2) is 5.49. The van der Waals surface area contributed by atoms with Crippen LogP contribution in [0.5, 0.6) is 0 Å². The molecular weight excluding hydrogens is 242 g/mol. The summed E-state index contributed by atoms with van der Waals surface area (Å²) in [5.41, 5.74) is -0.428. The van der Waals surface area contributed by atoms with Crippen LogP contribution < -0.4 is 10.6 Å². The second-order valence-corrected chi connectivity index (χ2v) is 6.20. The normalized spacial score (nSPS) is 35.2. The number of carbonyl (C=O) groups is 2. The molecule has 2 fully saturated rings. The molecule has 2 heterocycles. The van der Waals surface area contributed by atoms with Gasteiger partial charge in [-0.25, -0.2) is 0 Å². The molecule has 0 saturated carbocycles. The zero-order valence-electron chi connectivity index (χ0n) is 12.2. The summed E-state index contributed by atoms with van der Waals surface area (Å²) in [6, 6.07) is -0.0687. The highest BCUT2D eigenvalue weighted by Crippen LogP contribution is 2.31. The van der Waals surface area contributed by atoms with E-state index in [4.69, 9.17) is 0 Å². The summed E-state index contributed by atoms with van der Waals surface area (Å²) in [5, 5.41) is 6.03.